The lowest BCUT2D eigenvalue weighted by Gasteiger charge is -2.38. The molecule has 0 radical (unpaired) electrons. The van der Waals surface area contributed by atoms with Crippen molar-refractivity contribution < 1.29 is 73.5 Å². The first-order chi connectivity index (χ1) is 34.3. The highest BCUT2D eigenvalue weighted by Gasteiger charge is 2.28. The van der Waals surface area contributed by atoms with Crippen molar-refractivity contribution >= 4 is 70.8 Å². The topological polar surface area (TPSA) is 321 Å². The maximum Gasteiger partial charge on any atom is 0.373 e. The van der Waals surface area contributed by atoms with Gasteiger partial charge in [-0.2, -0.15) is 9.59 Å². The summed E-state index contributed by atoms with van der Waals surface area (Å²) in [5.74, 6) is -7.17. The summed E-state index contributed by atoms with van der Waals surface area (Å²) in [7, 11) is 0. The fourth-order valence-corrected chi connectivity index (χ4v) is 8.51. The zero-order valence-electron chi connectivity index (χ0n) is 41.9. The molecule has 1 aromatic rings. The van der Waals surface area contributed by atoms with Crippen LogP contribution in [0.3, 0.4) is 0 Å². The molecule has 1 aromatic carbocycles. The molecule has 23 heteroatoms. The van der Waals surface area contributed by atoms with Crippen LogP contribution in [0.5, 0.6) is 0 Å². The Kier molecular flexibility index (Phi) is 33.9. The molecular weight excluding hydrogens is 959 g/mol. The standard InChI is InChI=1S/C48H77N7O13S.CO2/c1-3-52-23-25-53(4-2)32-38(55(34-45(63)64)28-27-54(26-24-52)33-44(61)62)29-35-13-15-36(16-14-35)30-40(69)11-8-6-5-7-9-21-49-46(65)37(17-20-43(59)60)31-39(56)18-19-41(47(66)67)51-48(68)50-22-10-12-42(57)58;2-1-3/h13-16,37-38,41H,3-12,17-34H2,1-2H3,(H,49,65)(H,57,58)(H,59,60)(H,61,62)(H,63,64)(H,66,67)(H2,50,51,68);/t37-,38?,41+;/m1./s1. The number of carboxylic acids is 5. The first-order valence-corrected chi connectivity index (χ1v) is 25.1. The Bertz CT molecular complexity index is 1900. The number of unbranched alkanes of at least 4 members (excludes halogenated alkanes) is 4. The van der Waals surface area contributed by atoms with Gasteiger partial charge in [0.15, 0.2) is 0 Å². The van der Waals surface area contributed by atoms with Gasteiger partial charge in [-0.3, -0.25) is 38.6 Å². The third-order valence-electron chi connectivity index (χ3n) is 12.3. The molecule has 1 heterocycles. The molecule has 1 unspecified atom stereocenters. The number of benzene rings is 1. The number of hydrogen-bond acceptors (Lipinski definition) is 15. The minimum absolute atomic E-state index is 0.0135. The minimum atomic E-state index is -1.41. The van der Waals surface area contributed by atoms with E-state index in [9.17, 15) is 58.8 Å². The van der Waals surface area contributed by atoms with Crippen LogP contribution in [0.2, 0.25) is 0 Å². The van der Waals surface area contributed by atoms with Gasteiger partial charge in [0.2, 0.25) is 5.91 Å². The van der Waals surface area contributed by atoms with E-state index in [-0.39, 0.29) is 76.8 Å². The van der Waals surface area contributed by atoms with E-state index < -0.39 is 59.5 Å². The number of urea groups is 1. The Labute approximate surface area is 427 Å². The molecule has 0 aliphatic carbocycles. The number of nitrogens with zero attached hydrogens (tertiary/aromatic N) is 4. The van der Waals surface area contributed by atoms with Crippen LogP contribution in [-0.2, 0) is 56.0 Å². The third kappa shape index (κ3) is 30.9. The minimum Gasteiger partial charge on any atom is -0.481 e. The number of amides is 3. The van der Waals surface area contributed by atoms with Crippen LogP contribution in [0, 0.1) is 5.92 Å². The van der Waals surface area contributed by atoms with Crippen molar-refractivity contribution in [3.63, 3.8) is 0 Å². The van der Waals surface area contributed by atoms with Gasteiger partial charge >= 0.3 is 42.0 Å². The summed E-state index contributed by atoms with van der Waals surface area (Å²) >= 11 is 5.75. The largest absolute Gasteiger partial charge is 0.481 e. The summed E-state index contributed by atoms with van der Waals surface area (Å²) in [6.45, 7) is 10.6. The predicted molar refractivity (Wildman–Crippen MR) is 268 cm³/mol. The maximum atomic E-state index is 13.0. The second-order valence-corrected chi connectivity index (χ2v) is 18.4. The highest BCUT2D eigenvalue weighted by Crippen LogP contribution is 2.18. The molecule has 2 rings (SSSR count). The smallest absolute Gasteiger partial charge is 0.373 e. The van der Waals surface area contributed by atoms with Gasteiger partial charge in [0.25, 0.3) is 0 Å². The van der Waals surface area contributed by atoms with Crippen molar-refractivity contribution in [2.75, 3.05) is 85.1 Å². The summed E-state index contributed by atoms with van der Waals surface area (Å²) < 4.78 is 0. The van der Waals surface area contributed by atoms with Crippen molar-refractivity contribution in [2.45, 2.75) is 122 Å². The fraction of sp³-hybridized carbons (Fsp3) is 0.673. The lowest BCUT2D eigenvalue weighted by molar-refractivity contribution is -0.192. The first kappa shape index (κ1) is 64.3. The van der Waals surface area contributed by atoms with Crippen LogP contribution in [0.15, 0.2) is 24.3 Å². The van der Waals surface area contributed by atoms with Gasteiger partial charge in [-0.15, -0.1) is 0 Å². The van der Waals surface area contributed by atoms with Crippen molar-refractivity contribution in [3.8, 4) is 0 Å². The molecule has 1 aliphatic rings. The number of thiocarbonyl (C=S) groups is 1. The first-order valence-electron chi connectivity index (χ1n) is 24.7. The zero-order chi connectivity index (χ0) is 53.8. The number of carbonyl (C=O) groups is 8. The molecule has 3 amide bonds. The summed E-state index contributed by atoms with van der Waals surface area (Å²) in [5.41, 5.74) is 2.18. The summed E-state index contributed by atoms with van der Waals surface area (Å²) in [6, 6.07) is 5.99. The van der Waals surface area contributed by atoms with Crippen LogP contribution in [0.4, 0.5) is 4.79 Å². The second kappa shape index (κ2) is 38.0. The third-order valence-corrected chi connectivity index (χ3v) is 12.6. The molecule has 0 aromatic heterocycles. The van der Waals surface area contributed by atoms with Gasteiger partial charge in [-0.1, -0.05) is 69.6 Å². The van der Waals surface area contributed by atoms with Gasteiger partial charge in [0.05, 0.1) is 13.1 Å². The molecule has 0 saturated carbocycles. The molecule has 1 fully saturated rings. The van der Waals surface area contributed by atoms with Gasteiger partial charge in [-0.25, -0.2) is 9.59 Å². The van der Waals surface area contributed by atoms with Crippen molar-refractivity contribution in [1.82, 2.24) is 35.6 Å². The van der Waals surface area contributed by atoms with Crippen LogP contribution < -0.4 is 16.0 Å². The summed E-state index contributed by atoms with van der Waals surface area (Å²) in [5, 5.41) is 54.3. The van der Waals surface area contributed by atoms with E-state index in [0.29, 0.717) is 52.0 Å². The number of nitrogens with one attached hydrogen (secondary N) is 3. The Hall–Kier alpha value is -5.71. The quantitative estimate of drug-likeness (QED) is 0.0371. The molecule has 1 saturated heterocycles. The molecule has 0 spiro atoms. The molecule has 0 bridgehead atoms. The Morgan fingerprint density at radius 1 is 0.639 bits per heavy atom. The number of rotatable bonds is 33. The molecule has 8 N–H and O–H groups in total. The summed E-state index contributed by atoms with van der Waals surface area (Å²) in [6.07, 6.45) is 5.39. The molecule has 72 heavy (non-hydrogen) atoms. The van der Waals surface area contributed by atoms with Crippen molar-refractivity contribution in [1.29, 1.82) is 0 Å². The van der Waals surface area contributed by atoms with Gasteiger partial charge in [0, 0.05) is 103 Å². The molecule has 3 atom stereocenters. The SMILES string of the molecule is CCN1CCN(CC(=O)O)CCN(CC(=O)O)C(Cc2ccc(CC(=S)CCCCCCCNC(=O)[C@H](CCC(=O)O)CC(=O)CC[C@H](NC(=O)NCCCC(=O)O)C(=O)O)cc2)CN(CC)CC1.O=C=O. The Morgan fingerprint density at radius 2 is 1.19 bits per heavy atom. The van der Waals surface area contributed by atoms with Gasteiger partial charge < -0.3 is 51.3 Å². The van der Waals surface area contributed by atoms with Crippen LogP contribution in [0.25, 0.3) is 0 Å². The second-order valence-electron chi connectivity index (χ2n) is 17.8. The van der Waals surface area contributed by atoms with Crippen molar-refractivity contribution in [3.05, 3.63) is 35.4 Å². The van der Waals surface area contributed by atoms with Crippen LogP contribution >= 0.6 is 12.2 Å². The number of aliphatic carboxylic acids is 5. The molecule has 1 aliphatic heterocycles. The summed E-state index contributed by atoms with van der Waals surface area (Å²) in [4.78, 5) is 121. The van der Waals surface area contributed by atoms with E-state index in [1.807, 2.05) is 9.80 Å². The number of hydrogen-bond donors (Lipinski definition) is 8. The van der Waals surface area contributed by atoms with Crippen molar-refractivity contribution in [2.24, 2.45) is 5.92 Å². The van der Waals surface area contributed by atoms with E-state index in [1.54, 1.807) is 0 Å². The van der Waals surface area contributed by atoms with E-state index in [2.05, 4.69) is 63.9 Å². The molecule has 404 valence electrons. The van der Waals surface area contributed by atoms with E-state index in [1.165, 1.54) is 0 Å². The van der Waals surface area contributed by atoms with Crippen LogP contribution in [-0.4, -0.2) is 201 Å². The van der Waals surface area contributed by atoms with E-state index in [4.69, 9.17) is 26.9 Å². The monoisotopic (exact) mass is 1040 g/mol. The maximum absolute atomic E-state index is 13.0. The average molecular weight is 1040 g/mol. The van der Waals surface area contributed by atoms with E-state index in [0.717, 1.165) is 80.8 Å². The number of carboxylic acid groups (broad SMARTS) is 5. The van der Waals surface area contributed by atoms with E-state index >= 15 is 0 Å². The molecular formula is C49H77N7O15S. The average Bonchev–Trinajstić information content (AvgIpc) is 3.31. The predicted octanol–water partition coefficient (Wildman–Crippen LogP) is 2.65. The lowest BCUT2D eigenvalue weighted by Crippen LogP contribution is -2.52. The molecule has 22 nitrogen and oxygen atoms in total. The fourth-order valence-electron chi connectivity index (χ4n) is 8.20. The Balaban J connectivity index is 0.00000841. The number of Topliss-reactive ketones (excluding diaryl/α,β-unsaturated/α-hetero) is 1. The lowest BCUT2D eigenvalue weighted by atomic mass is 9.93. The number of likely N-dealkylation sites (N-methyl/N-ethyl adjacent to an activating group) is 2. The Morgan fingerprint density at radius 3 is 1.79 bits per heavy atom. The van der Waals surface area contributed by atoms with Gasteiger partial charge in [0.1, 0.15) is 11.8 Å². The van der Waals surface area contributed by atoms with Gasteiger partial charge in [-0.05, 0) is 74.0 Å². The normalized spacial score (nSPS) is 15.9. The highest BCUT2D eigenvalue weighted by atomic mass is 32.1. The zero-order valence-corrected chi connectivity index (χ0v) is 42.7. The highest BCUT2D eigenvalue weighted by molar-refractivity contribution is 7.80. The number of carbonyl (C=O) groups excluding carboxylic acids is 5. The van der Waals surface area contributed by atoms with Crippen LogP contribution in [0.1, 0.15) is 108 Å². The number of ketones is 1.